The third-order valence-corrected chi connectivity index (χ3v) is 6.74. The van der Waals surface area contributed by atoms with Gasteiger partial charge in [-0.2, -0.15) is 0 Å². The van der Waals surface area contributed by atoms with Gasteiger partial charge in [-0.3, -0.25) is 10.1 Å². The molecular weight excluding hydrogens is 352 g/mol. The third-order valence-electron chi connectivity index (χ3n) is 5.09. The summed E-state index contributed by atoms with van der Waals surface area (Å²) in [7, 11) is -1.56. The average Bonchev–Trinajstić information content (AvgIpc) is 2.67. The molecule has 1 atom stereocenters. The van der Waals surface area contributed by atoms with E-state index in [1.54, 1.807) is 0 Å². The van der Waals surface area contributed by atoms with Gasteiger partial charge < -0.3 is 9.64 Å². The third kappa shape index (κ3) is 4.72. The van der Waals surface area contributed by atoms with Crippen LogP contribution in [-0.2, 0) is 19.4 Å². The molecule has 7 heteroatoms. The summed E-state index contributed by atoms with van der Waals surface area (Å²) in [5.41, 5.74) is 2.03. The van der Waals surface area contributed by atoms with E-state index in [4.69, 9.17) is 4.74 Å². The normalized spacial score (nSPS) is 22.7. The number of nitrogens with one attached hydrogen (secondary N) is 1. The summed E-state index contributed by atoms with van der Waals surface area (Å²) in [5.74, 6) is -1.14. The molecule has 1 aromatic carbocycles. The van der Waals surface area contributed by atoms with Crippen molar-refractivity contribution in [2.45, 2.75) is 24.6 Å². The molecule has 2 aliphatic rings. The van der Waals surface area contributed by atoms with Gasteiger partial charge in [-0.1, -0.05) is 36.4 Å². The molecule has 1 aromatic rings. The zero-order valence-corrected chi connectivity index (χ0v) is 15.9. The van der Waals surface area contributed by atoms with Crippen molar-refractivity contribution in [1.29, 1.82) is 0 Å². The lowest BCUT2D eigenvalue weighted by molar-refractivity contribution is -0.148. The van der Waals surface area contributed by atoms with E-state index < -0.39 is 27.1 Å². The first-order chi connectivity index (χ1) is 12.5. The van der Waals surface area contributed by atoms with Crippen molar-refractivity contribution in [2.75, 3.05) is 32.6 Å². The molecule has 0 bridgehead atoms. The van der Waals surface area contributed by atoms with Crippen molar-refractivity contribution in [2.24, 2.45) is 5.92 Å². The first-order valence-electron chi connectivity index (χ1n) is 9.00. The predicted octanol–water partition coefficient (Wildman–Crippen LogP) is 1.65. The number of benzene rings is 1. The number of hydrogen-bond acceptors (Lipinski definition) is 6. The minimum absolute atomic E-state index is 0.194. The molecule has 142 valence electrons. The number of nitrogens with zero attached hydrogens (tertiary/aromatic N) is 1. The van der Waals surface area contributed by atoms with E-state index in [1.807, 2.05) is 43.5 Å². The molecule has 0 amide bonds. The van der Waals surface area contributed by atoms with E-state index in [9.17, 15) is 13.2 Å². The Morgan fingerprint density at radius 1 is 1.23 bits per heavy atom. The van der Waals surface area contributed by atoms with Gasteiger partial charge >= 0.3 is 5.97 Å². The Bertz CT molecular complexity index is 753. The Balaban J connectivity index is 1.56. The molecule has 2 aliphatic heterocycles. The molecule has 1 saturated heterocycles. The van der Waals surface area contributed by atoms with E-state index in [2.05, 4.69) is 10.2 Å². The maximum absolute atomic E-state index is 12.6. The van der Waals surface area contributed by atoms with E-state index in [1.165, 1.54) is 0 Å². The molecule has 0 spiro atoms. The molecule has 0 saturated carbocycles. The Hall–Kier alpha value is -1.70. The number of esters is 1. The first kappa shape index (κ1) is 19.1. The highest BCUT2D eigenvalue weighted by Gasteiger charge is 2.31. The summed E-state index contributed by atoms with van der Waals surface area (Å²) in [6.45, 7) is 2.15. The maximum Gasteiger partial charge on any atom is 0.310 e. The van der Waals surface area contributed by atoms with Crippen LogP contribution in [0.4, 0.5) is 0 Å². The minimum atomic E-state index is -3.57. The number of sulfone groups is 1. The fourth-order valence-corrected chi connectivity index (χ4v) is 4.62. The van der Waals surface area contributed by atoms with E-state index >= 15 is 0 Å². The van der Waals surface area contributed by atoms with Crippen LogP contribution < -0.4 is 5.32 Å². The highest BCUT2D eigenvalue weighted by molar-refractivity contribution is 7.91. The lowest BCUT2D eigenvalue weighted by atomic mass is 9.98. The fourth-order valence-electron chi connectivity index (χ4n) is 3.40. The van der Waals surface area contributed by atoms with Crippen molar-refractivity contribution in [3.05, 3.63) is 42.0 Å². The zero-order chi connectivity index (χ0) is 18.6. The molecule has 0 aliphatic carbocycles. The van der Waals surface area contributed by atoms with Crippen LogP contribution in [0.3, 0.4) is 0 Å². The van der Waals surface area contributed by atoms with Crippen molar-refractivity contribution in [1.82, 2.24) is 10.2 Å². The minimum Gasteiger partial charge on any atom is -0.449 e. The second-order valence-corrected chi connectivity index (χ2v) is 9.15. The van der Waals surface area contributed by atoms with Crippen molar-refractivity contribution in [3.8, 4) is 0 Å². The van der Waals surface area contributed by atoms with E-state index in [-0.39, 0.29) is 5.92 Å². The Morgan fingerprint density at radius 2 is 1.92 bits per heavy atom. The predicted molar refractivity (Wildman–Crippen MR) is 101 cm³/mol. The summed E-state index contributed by atoms with van der Waals surface area (Å²) in [4.78, 5) is 14.3. The molecule has 1 fully saturated rings. The van der Waals surface area contributed by atoms with Crippen LogP contribution in [0.25, 0.3) is 5.57 Å². The van der Waals surface area contributed by atoms with Gasteiger partial charge in [0.2, 0.25) is 9.84 Å². The fraction of sp³-hybridized carbons (Fsp3) is 0.526. The number of ether oxygens (including phenoxy) is 1. The second-order valence-electron chi connectivity index (χ2n) is 7.02. The molecule has 0 aromatic heterocycles. The number of hydrogen-bond donors (Lipinski definition) is 1. The molecule has 1 unspecified atom stereocenters. The van der Waals surface area contributed by atoms with Crippen LogP contribution in [0.1, 0.15) is 24.8 Å². The van der Waals surface area contributed by atoms with Crippen LogP contribution in [0.5, 0.6) is 0 Å². The van der Waals surface area contributed by atoms with Gasteiger partial charge in [-0.15, -0.1) is 0 Å². The van der Waals surface area contributed by atoms with Crippen molar-refractivity contribution < 1.29 is 17.9 Å². The Morgan fingerprint density at radius 3 is 2.62 bits per heavy atom. The number of carbonyl (C=O) groups is 1. The maximum atomic E-state index is 12.6. The van der Waals surface area contributed by atoms with Crippen LogP contribution in [0.15, 0.2) is 36.4 Å². The lowest BCUT2D eigenvalue weighted by Gasteiger charge is -2.28. The first-order valence-corrected chi connectivity index (χ1v) is 10.7. The second kappa shape index (κ2) is 8.33. The van der Waals surface area contributed by atoms with Crippen molar-refractivity contribution >= 4 is 21.4 Å². The topological polar surface area (TPSA) is 75.7 Å². The lowest BCUT2D eigenvalue weighted by Crippen LogP contribution is -2.42. The molecule has 3 rings (SSSR count). The van der Waals surface area contributed by atoms with Crippen LogP contribution in [0.2, 0.25) is 0 Å². The quantitative estimate of drug-likeness (QED) is 0.785. The van der Waals surface area contributed by atoms with Crippen molar-refractivity contribution in [3.63, 3.8) is 0 Å². The van der Waals surface area contributed by atoms with Gasteiger partial charge in [0.05, 0.1) is 5.92 Å². The summed E-state index contributed by atoms with van der Waals surface area (Å²) in [5, 5.41) is 2.28. The highest BCUT2D eigenvalue weighted by atomic mass is 32.2. The molecular formula is C19H26N2O4S. The molecule has 0 radical (unpaired) electrons. The monoisotopic (exact) mass is 378 g/mol. The molecule has 6 nitrogen and oxygen atoms in total. The number of carbonyl (C=O) groups excluding carboxylic acids is 1. The van der Waals surface area contributed by atoms with Gasteiger partial charge in [0.15, 0.2) is 5.94 Å². The summed E-state index contributed by atoms with van der Waals surface area (Å²) in [6, 6.07) is 9.75. The van der Waals surface area contributed by atoms with E-state index in [0.29, 0.717) is 13.0 Å². The smallest absolute Gasteiger partial charge is 0.310 e. The SMILES string of the molecule is CN1CCC(C(=O)OCS(=O)(=O)C2CC(c3ccccc3)=CCN2)CC1. The van der Waals surface area contributed by atoms with Gasteiger partial charge in [0.1, 0.15) is 5.37 Å². The van der Waals surface area contributed by atoms with Gasteiger partial charge in [-0.25, -0.2) is 8.42 Å². The van der Waals surface area contributed by atoms with Crippen LogP contribution in [0, 0.1) is 5.92 Å². The summed E-state index contributed by atoms with van der Waals surface area (Å²) < 4.78 is 30.4. The summed E-state index contributed by atoms with van der Waals surface area (Å²) >= 11 is 0. The van der Waals surface area contributed by atoms with Gasteiger partial charge in [0, 0.05) is 13.0 Å². The molecule has 26 heavy (non-hydrogen) atoms. The van der Waals surface area contributed by atoms with Crippen LogP contribution >= 0.6 is 0 Å². The highest BCUT2D eigenvalue weighted by Crippen LogP contribution is 2.25. The number of rotatable bonds is 5. The summed E-state index contributed by atoms with van der Waals surface area (Å²) in [6.07, 6.45) is 3.82. The van der Waals surface area contributed by atoms with Crippen LogP contribution in [-0.4, -0.2) is 57.3 Å². The number of piperidine rings is 1. The average molecular weight is 378 g/mol. The van der Waals surface area contributed by atoms with Gasteiger partial charge in [0.25, 0.3) is 0 Å². The Kier molecular flexibility index (Phi) is 6.11. The standard InChI is InChI=1S/C19H26N2O4S/c1-21-11-8-16(9-12-21)19(22)25-14-26(23,24)18-13-17(7-10-20-18)15-5-3-2-4-6-15/h2-7,16,18,20H,8-14H2,1H3. The number of likely N-dealkylation sites (tertiary alicyclic amines) is 1. The largest absolute Gasteiger partial charge is 0.449 e. The zero-order valence-electron chi connectivity index (χ0n) is 15.1. The molecule has 1 N–H and O–H groups in total. The Labute approximate surface area is 155 Å². The molecule has 2 heterocycles. The van der Waals surface area contributed by atoms with Gasteiger partial charge in [-0.05, 0) is 44.1 Å². The van der Waals surface area contributed by atoms with E-state index in [0.717, 1.165) is 37.1 Å².